The highest BCUT2D eigenvalue weighted by Crippen LogP contribution is 2.60. The van der Waals surface area contributed by atoms with E-state index in [9.17, 15) is 18.0 Å². The number of alkyl halides is 3. The van der Waals surface area contributed by atoms with Crippen molar-refractivity contribution < 1.29 is 22.7 Å². The number of carbonyl (C=O) groups excluding carboxylic acids is 1. The van der Waals surface area contributed by atoms with Crippen molar-refractivity contribution in [1.82, 2.24) is 14.7 Å². The summed E-state index contributed by atoms with van der Waals surface area (Å²) < 4.78 is 46.3. The molecule has 22 heavy (non-hydrogen) atoms. The van der Waals surface area contributed by atoms with Gasteiger partial charge < -0.3 is 9.64 Å². The maximum absolute atomic E-state index is 13.3. The Hall–Kier alpha value is -1.57. The van der Waals surface area contributed by atoms with Crippen LogP contribution in [0.1, 0.15) is 23.2 Å². The molecule has 2 atom stereocenters. The van der Waals surface area contributed by atoms with Crippen molar-refractivity contribution in [3.63, 3.8) is 0 Å². The smallest absolute Gasteiger partial charge is 0.383 e. The first kappa shape index (κ1) is 15.3. The number of carbonyl (C=O) groups is 1. The minimum atomic E-state index is -4.24. The fraction of sp³-hybridized carbons (Fsp3) is 0.714. The van der Waals surface area contributed by atoms with Crippen LogP contribution in [0.2, 0.25) is 0 Å². The van der Waals surface area contributed by atoms with Crippen LogP contribution in [0.25, 0.3) is 0 Å². The van der Waals surface area contributed by atoms with Gasteiger partial charge in [-0.3, -0.25) is 9.48 Å². The minimum absolute atomic E-state index is 0.123. The topological polar surface area (TPSA) is 47.4 Å². The van der Waals surface area contributed by atoms with E-state index in [0.717, 1.165) is 0 Å². The number of amides is 1. The Labute approximate surface area is 126 Å². The predicted octanol–water partition coefficient (Wildman–Crippen LogP) is 1.94. The Morgan fingerprint density at radius 2 is 2.32 bits per heavy atom. The predicted molar refractivity (Wildman–Crippen MR) is 71.2 cm³/mol. The van der Waals surface area contributed by atoms with Crippen LogP contribution < -0.4 is 0 Å². The second kappa shape index (κ2) is 5.26. The van der Waals surface area contributed by atoms with Crippen LogP contribution in [0.3, 0.4) is 0 Å². The molecular formula is C14H18F3N3O2. The number of aromatic nitrogens is 2. The van der Waals surface area contributed by atoms with Gasteiger partial charge in [0, 0.05) is 26.4 Å². The number of methoxy groups -OCH3 is 1. The van der Waals surface area contributed by atoms with E-state index in [-0.39, 0.29) is 25.4 Å². The van der Waals surface area contributed by atoms with E-state index in [2.05, 4.69) is 5.10 Å². The van der Waals surface area contributed by atoms with Gasteiger partial charge in [0.2, 0.25) is 0 Å². The lowest BCUT2D eigenvalue weighted by atomic mass is 9.61. The third kappa shape index (κ3) is 2.29. The minimum Gasteiger partial charge on any atom is -0.383 e. The number of rotatable bonds is 4. The Kier molecular flexibility index (Phi) is 3.66. The molecule has 122 valence electrons. The van der Waals surface area contributed by atoms with Crippen molar-refractivity contribution in [2.75, 3.05) is 26.8 Å². The van der Waals surface area contributed by atoms with Gasteiger partial charge in [-0.05, 0) is 18.8 Å². The molecule has 0 unspecified atom stereocenters. The molecule has 1 aliphatic carbocycles. The summed E-state index contributed by atoms with van der Waals surface area (Å²) in [6, 6.07) is 0. The molecule has 2 heterocycles. The lowest BCUT2D eigenvalue weighted by Gasteiger charge is -2.44. The number of likely N-dealkylation sites (tertiary alicyclic amines) is 1. The van der Waals surface area contributed by atoms with Crippen molar-refractivity contribution in [1.29, 1.82) is 0 Å². The standard InChI is InChI=1S/C14H18F3N3O2/c1-22-5-4-20-7-10(6-18-20)12(21)19-8-11-2-3-13(11,9-19)14(15,16)17/h6-7,11H,2-5,8-9H2,1H3/t11-,13-/m0/s1. The summed E-state index contributed by atoms with van der Waals surface area (Å²) in [5, 5.41) is 4.03. The molecule has 1 aromatic rings. The number of nitrogens with zero attached hydrogens (tertiary/aromatic N) is 3. The SMILES string of the molecule is COCCn1cc(C(=O)N2C[C@@H]3CC[C@]3(C(F)(F)F)C2)cn1. The summed E-state index contributed by atoms with van der Waals surface area (Å²) in [6.07, 6.45) is -0.623. The Balaban J connectivity index is 1.70. The van der Waals surface area contributed by atoms with Gasteiger partial charge in [-0.25, -0.2) is 0 Å². The molecule has 2 aliphatic rings. The summed E-state index contributed by atoms with van der Waals surface area (Å²) >= 11 is 0. The van der Waals surface area contributed by atoms with E-state index in [1.165, 1.54) is 11.1 Å². The van der Waals surface area contributed by atoms with Crippen LogP contribution in [0.5, 0.6) is 0 Å². The first-order chi connectivity index (χ1) is 10.4. The van der Waals surface area contributed by atoms with E-state index in [0.29, 0.717) is 25.1 Å². The molecular weight excluding hydrogens is 299 g/mol. The van der Waals surface area contributed by atoms with Gasteiger partial charge in [0.25, 0.3) is 5.91 Å². The van der Waals surface area contributed by atoms with Crippen molar-refractivity contribution in [2.24, 2.45) is 11.3 Å². The Morgan fingerprint density at radius 3 is 2.86 bits per heavy atom. The third-order valence-electron chi connectivity index (χ3n) is 4.89. The Bertz CT molecular complexity index is 572. The van der Waals surface area contributed by atoms with E-state index in [1.807, 2.05) is 0 Å². The second-order valence-corrected chi connectivity index (χ2v) is 6.06. The summed E-state index contributed by atoms with van der Waals surface area (Å²) in [5.74, 6) is -0.832. The fourth-order valence-corrected chi connectivity index (χ4v) is 3.42. The van der Waals surface area contributed by atoms with Gasteiger partial charge in [-0.1, -0.05) is 0 Å². The lowest BCUT2D eigenvalue weighted by Crippen LogP contribution is -2.51. The van der Waals surface area contributed by atoms with Crippen LogP contribution in [0.15, 0.2) is 12.4 Å². The summed E-state index contributed by atoms with van der Waals surface area (Å²) in [6.45, 7) is 0.905. The van der Waals surface area contributed by atoms with Crippen LogP contribution in [-0.2, 0) is 11.3 Å². The summed E-state index contributed by atoms with van der Waals surface area (Å²) in [7, 11) is 1.56. The molecule has 1 saturated carbocycles. The van der Waals surface area contributed by atoms with Crippen LogP contribution in [0.4, 0.5) is 13.2 Å². The van der Waals surface area contributed by atoms with Crippen molar-refractivity contribution in [2.45, 2.75) is 25.6 Å². The number of hydrogen-bond acceptors (Lipinski definition) is 3. The maximum atomic E-state index is 13.3. The maximum Gasteiger partial charge on any atom is 0.396 e. The zero-order valence-corrected chi connectivity index (χ0v) is 12.3. The highest BCUT2D eigenvalue weighted by atomic mass is 19.4. The molecule has 1 aliphatic heterocycles. The van der Waals surface area contributed by atoms with Crippen LogP contribution >= 0.6 is 0 Å². The lowest BCUT2D eigenvalue weighted by molar-refractivity contribution is -0.259. The number of fused-ring (bicyclic) bond motifs is 1. The molecule has 0 bridgehead atoms. The molecule has 2 fully saturated rings. The van der Waals surface area contributed by atoms with Crippen molar-refractivity contribution in [3.8, 4) is 0 Å². The molecule has 1 amide bonds. The molecule has 1 saturated heterocycles. The van der Waals surface area contributed by atoms with Gasteiger partial charge in [0.15, 0.2) is 0 Å². The number of hydrogen-bond donors (Lipinski definition) is 0. The molecule has 0 N–H and O–H groups in total. The molecule has 0 radical (unpaired) electrons. The fourth-order valence-electron chi connectivity index (χ4n) is 3.42. The molecule has 5 nitrogen and oxygen atoms in total. The van der Waals surface area contributed by atoms with Crippen LogP contribution in [0, 0.1) is 11.3 Å². The van der Waals surface area contributed by atoms with Crippen molar-refractivity contribution in [3.05, 3.63) is 18.0 Å². The highest BCUT2D eigenvalue weighted by Gasteiger charge is 2.68. The number of halogens is 3. The van der Waals surface area contributed by atoms with Crippen molar-refractivity contribution >= 4 is 5.91 Å². The molecule has 8 heteroatoms. The van der Waals surface area contributed by atoms with Crippen LogP contribution in [-0.4, -0.2) is 53.6 Å². The average Bonchev–Trinajstić information content (AvgIpc) is 2.99. The highest BCUT2D eigenvalue weighted by molar-refractivity contribution is 5.94. The zero-order chi connectivity index (χ0) is 16.0. The van der Waals surface area contributed by atoms with Gasteiger partial charge >= 0.3 is 6.18 Å². The van der Waals surface area contributed by atoms with E-state index in [1.54, 1.807) is 18.0 Å². The molecule has 0 spiro atoms. The summed E-state index contributed by atoms with van der Waals surface area (Å²) in [5.41, 5.74) is -1.36. The zero-order valence-electron chi connectivity index (χ0n) is 12.3. The number of ether oxygens (including phenoxy) is 1. The molecule has 0 aromatic carbocycles. The normalized spacial score (nSPS) is 27.6. The molecule has 3 rings (SSSR count). The first-order valence-corrected chi connectivity index (χ1v) is 7.25. The van der Waals surface area contributed by atoms with Gasteiger partial charge in [0.1, 0.15) is 0 Å². The second-order valence-electron chi connectivity index (χ2n) is 6.06. The average molecular weight is 317 g/mol. The van der Waals surface area contributed by atoms with Gasteiger partial charge in [-0.15, -0.1) is 0 Å². The quantitative estimate of drug-likeness (QED) is 0.853. The van der Waals surface area contributed by atoms with E-state index in [4.69, 9.17) is 4.74 Å². The Morgan fingerprint density at radius 1 is 1.55 bits per heavy atom. The molecule has 1 aromatic heterocycles. The largest absolute Gasteiger partial charge is 0.396 e. The van der Waals surface area contributed by atoms with Gasteiger partial charge in [0.05, 0.1) is 30.3 Å². The monoisotopic (exact) mass is 317 g/mol. The van der Waals surface area contributed by atoms with E-state index < -0.39 is 17.5 Å². The summed E-state index contributed by atoms with van der Waals surface area (Å²) in [4.78, 5) is 13.7. The van der Waals surface area contributed by atoms with Gasteiger partial charge in [-0.2, -0.15) is 18.3 Å². The first-order valence-electron chi connectivity index (χ1n) is 7.25. The third-order valence-corrected chi connectivity index (χ3v) is 4.89. The van der Waals surface area contributed by atoms with E-state index >= 15 is 0 Å².